The zero-order chi connectivity index (χ0) is 24.1. The van der Waals surface area contributed by atoms with Crippen molar-refractivity contribution in [1.82, 2.24) is 4.98 Å². The second kappa shape index (κ2) is 10.2. The van der Waals surface area contributed by atoms with E-state index in [0.717, 1.165) is 5.39 Å². The number of nitrogens with zero attached hydrogens (tertiary/aromatic N) is 1. The maximum Gasteiger partial charge on any atom is 0.323 e. The Kier molecular flexibility index (Phi) is 6.89. The van der Waals surface area contributed by atoms with Crippen LogP contribution in [-0.2, 0) is 0 Å². The van der Waals surface area contributed by atoms with E-state index in [0.29, 0.717) is 50.7 Å². The lowest BCUT2D eigenvalue weighted by molar-refractivity contribution is 0.262. The number of carbonyl (C=O) groups is 1. The summed E-state index contributed by atoms with van der Waals surface area (Å²) >= 11 is 6.41. The highest BCUT2D eigenvalue weighted by molar-refractivity contribution is 6.34. The molecule has 2 amide bonds. The summed E-state index contributed by atoms with van der Waals surface area (Å²) in [6, 6.07) is 17.0. The number of carbonyl (C=O) groups excluding carboxylic acids is 1. The van der Waals surface area contributed by atoms with Crippen LogP contribution < -0.4 is 29.6 Å². The zero-order valence-electron chi connectivity index (χ0n) is 18.7. The van der Waals surface area contributed by atoms with Gasteiger partial charge in [-0.05, 0) is 36.4 Å². The molecule has 4 rings (SSSR count). The number of hydrogen-bond acceptors (Lipinski definition) is 6. The van der Waals surface area contributed by atoms with E-state index < -0.39 is 6.03 Å². The molecule has 174 valence electrons. The van der Waals surface area contributed by atoms with Crippen LogP contribution in [0.2, 0.25) is 5.02 Å². The van der Waals surface area contributed by atoms with E-state index in [1.807, 2.05) is 6.07 Å². The molecule has 0 atom stereocenters. The number of nitrogens with one attached hydrogen (secondary N) is 2. The molecule has 0 aliphatic heterocycles. The number of para-hydroxylation sites is 2. The molecule has 0 radical (unpaired) electrons. The summed E-state index contributed by atoms with van der Waals surface area (Å²) in [5.74, 6) is 2.74. The molecule has 0 spiro atoms. The molecule has 0 unspecified atom stereocenters. The second-order valence-corrected chi connectivity index (χ2v) is 7.46. The summed E-state index contributed by atoms with van der Waals surface area (Å²) in [7, 11) is 4.67. The summed E-state index contributed by atoms with van der Waals surface area (Å²) in [6.07, 6.45) is 1.64. The fourth-order valence-corrected chi connectivity index (χ4v) is 3.57. The van der Waals surface area contributed by atoms with E-state index >= 15 is 0 Å². The molecule has 3 aromatic carbocycles. The Hall–Kier alpha value is -4.17. The summed E-state index contributed by atoms with van der Waals surface area (Å²) in [4.78, 5) is 16.8. The molecular weight excluding hydrogens is 458 g/mol. The smallest absolute Gasteiger partial charge is 0.323 e. The molecule has 1 heterocycles. The van der Waals surface area contributed by atoms with Gasteiger partial charge in [0.15, 0.2) is 11.5 Å². The number of aromatic nitrogens is 1. The van der Waals surface area contributed by atoms with E-state index in [1.165, 1.54) is 7.11 Å². The lowest BCUT2D eigenvalue weighted by atomic mass is 10.2. The Morgan fingerprint density at radius 1 is 0.794 bits per heavy atom. The number of halogens is 1. The number of anilines is 2. The Morgan fingerprint density at radius 2 is 1.50 bits per heavy atom. The first-order chi connectivity index (χ1) is 16.5. The highest BCUT2D eigenvalue weighted by Gasteiger charge is 2.13. The minimum Gasteiger partial charge on any atom is -0.495 e. The first-order valence-electron chi connectivity index (χ1n) is 10.2. The van der Waals surface area contributed by atoms with Crippen molar-refractivity contribution in [2.75, 3.05) is 32.0 Å². The number of ether oxygens (including phenoxy) is 4. The topological polar surface area (TPSA) is 90.9 Å². The van der Waals surface area contributed by atoms with Gasteiger partial charge in [-0.1, -0.05) is 23.7 Å². The monoisotopic (exact) mass is 479 g/mol. The quantitative estimate of drug-likeness (QED) is 0.321. The van der Waals surface area contributed by atoms with Gasteiger partial charge < -0.3 is 29.6 Å². The Morgan fingerprint density at radius 3 is 2.24 bits per heavy atom. The van der Waals surface area contributed by atoms with Gasteiger partial charge in [0.05, 0.1) is 43.2 Å². The number of methoxy groups -OCH3 is 3. The fourth-order valence-electron chi connectivity index (χ4n) is 3.35. The molecule has 9 heteroatoms. The van der Waals surface area contributed by atoms with Crippen LogP contribution in [0.25, 0.3) is 10.9 Å². The van der Waals surface area contributed by atoms with Crippen molar-refractivity contribution in [2.24, 2.45) is 0 Å². The standard InChI is InChI=1S/C25H22ClN3O5/c1-31-22-7-5-4-6-19(22)29-25(30)28-18-9-8-15(12-17(18)26)34-21-10-11-27-20-14-24(33-3)23(32-2)13-16(20)21/h4-14H,1-3H3,(H2,28,29,30). The number of hydrogen-bond donors (Lipinski definition) is 2. The van der Waals surface area contributed by atoms with Crippen LogP contribution >= 0.6 is 11.6 Å². The van der Waals surface area contributed by atoms with Gasteiger partial charge in [-0.15, -0.1) is 0 Å². The summed E-state index contributed by atoms with van der Waals surface area (Å²) < 4.78 is 22.1. The number of rotatable bonds is 7. The van der Waals surface area contributed by atoms with Gasteiger partial charge in [0.25, 0.3) is 0 Å². The first-order valence-corrected chi connectivity index (χ1v) is 10.6. The molecule has 2 N–H and O–H groups in total. The molecule has 34 heavy (non-hydrogen) atoms. The zero-order valence-corrected chi connectivity index (χ0v) is 19.5. The van der Waals surface area contributed by atoms with Gasteiger partial charge in [0.2, 0.25) is 0 Å². The van der Waals surface area contributed by atoms with Crippen molar-refractivity contribution in [3.05, 3.63) is 71.9 Å². The fraction of sp³-hybridized carbons (Fsp3) is 0.120. The highest BCUT2D eigenvalue weighted by Crippen LogP contribution is 2.38. The predicted octanol–water partition coefficient (Wildman–Crippen LogP) is 6.35. The molecule has 4 aromatic rings. The van der Waals surface area contributed by atoms with E-state index in [1.54, 1.807) is 75.0 Å². The summed E-state index contributed by atoms with van der Waals surface area (Å²) in [5.41, 5.74) is 1.65. The van der Waals surface area contributed by atoms with Crippen LogP contribution in [0.4, 0.5) is 16.2 Å². The Balaban J connectivity index is 1.52. The molecule has 0 fully saturated rings. The third-order valence-corrected chi connectivity index (χ3v) is 5.29. The molecule has 0 aliphatic rings. The normalized spacial score (nSPS) is 10.5. The van der Waals surface area contributed by atoms with Crippen molar-refractivity contribution in [2.45, 2.75) is 0 Å². The minimum absolute atomic E-state index is 0.310. The molecule has 0 aliphatic carbocycles. The van der Waals surface area contributed by atoms with Crippen LogP contribution in [0.5, 0.6) is 28.7 Å². The van der Waals surface area contributed by atoms with Crippen LogP contribution in [0.1, 0.15) is 0 Å². The van der Waals surface area contributed by atoms with Crippen LogP contribution in [-0.4, -0.2) is 32.3 Å². The third kappa shape index (κ3) is 4.92. The average Bonchev–Trinajstić information content (AvgIpc) is 2.85. The summed E-state index contributed by atoms with van der Waals surface area (Å²) in [6.45, 7) is 0. The summed E-state index contributed by atoms with van der Waals surface area (Å²) in [5, 5.41) is 6.52. The van der Waals surface area contributed by atoms with E-state index in [-0.39, 0.29) is 0 Å². The third-order valence-electron chi connectivity index (χ3n) is 4.98. The first kappa shape index (κ1) is 23.0. The van der Waals surface area contributed by atoms with E-state index in [4.69, 9.17) is 30.5 Å². The second-order valence-electron chi connectivity index (χ2n) is 7.06. The molecule has 8 nitrogen and oxygen atoms in total. The predicted molar refractivity (Wildman–Crippen MR) is 132 cm³/mol. The Bertz CT molecular complexity index is 1350. The van der Waals surface area contributed by atoms with Crippen molar-refractivity contribution in [1.29, 1.82) is 0 Å². The average molecular weight is 480 g/mol. The van der Waals surface area contributed by atoms with Crippen molar-refractivity contribution in [3.63, 3.8) is 0 Å². The maximum atomic E-state index is 12.4. The number of amides is 2. The van der Waals surface area contributed by atoms with Crippen LogP contribution in [0, 0.1) is 0 Å². The molecule has 1 aromatic heterocycles. The van der Waals surface area contributed by atoms with Crippen molar-refractivity contribution >= 4 is 39.9 Å². The van der Waals surface area contributed by atoms with Gasteiger partial charge in [-0.3, -0.25) is 4.98 Å². The number of fused-ring (bicyclic) bond motifs is 1. The lowest BCUT2D eigenvalue weighted by Gasteiger charge is -2.14. The van der Waals surface area contributed by atoms with Crippen LogP contribution in [0.15, 0.2) is 66.9 Å². The van der Waals surface area contributed by atoms with Crippen LogP contribution in [0.3, 0.4) is 0 Å². The van der Waals surface area contributed by atoms with E-state index in [2.05, 4.69) is 15.6 Å². The molecule has 0 saturated heterocycles. The van der Waals surface area contributed by atoms with Gasteiger partial charge in [0, 0.05) is 23.7 Å². The van der Waals surface area contributed by atoms with E-state index in [9.17, 15) is 4.79 Å². The number of urea groups is 1. The Labute approximate surface area is 201 Å². The molecule has 0 saturated carbocycles. The van der Waals surface area contributed by atoms with Crippen molar-refractivity contribution < 1.29 is 23.7 Å². The van der Waals surface area contributed by atoms with Gasteiger partial charge in [-0.2, -0.15) is 0 Å². The lowest BCUT2D eigenvalue weighted by Crippen LogP contribution is -2.20. The molecular formula is C25H22ClN3O5. The van der Waals surface area contributed by atoms with Gasteiger partial charge in [-0.25, -0.2) is 4.79 Å². The van der Waals surface area contributed by atoms with Crippen molar-refractivity contribution in [3.8, 4) is 28.7 Å². The largest absolute Gasteiger partial charge is 0.495 e. The SMILES string of the molecule is COc1ccccc1NC(=O)Nc1ccc(Oc2ccnc3cc(OC)c(OC)cc23)cc1Cl. The number of pyridine rings is 1. The minimum atomic E-state index is -0.457. The molecule has 0 bridgehead atoms. The maximum absolute atomic E-state index is 12.4. The number of benzene rings is 3. The van der Waals surface area contributed by atoms with Gasteiger partial charge >= 0.3 is 6.03 Å². The highest BCUT2D eigenvalue weighted by atomic mass is 35.5. The van der Waals surface area contributed by atoms with Gasteiger partial charge in [0.1, 0.15) is 17.2 Å².